The van der Waals surface area contributed by atoms with Crippen LogP contribution < -0.4 is 4.74 Å². The van der Waals surface area contributed by atoms with E-state index in [9.17, 15) is 0 Å². The summed E-state index contributed by atoms with van der Waals surface area (Å²) in [4.78, 5) is 0. The van der Waals surface area contributed by atoms with Crippen molar-refractivity contribution in [2.24, 2.45) is 0 Å². The van der Waals surface area contributed by atoms with Crippen LogP contribution in [0.2, 0.25) is 0 Å². The van der Waals surface area contributed by atoms with Gasteiger partial charge in [-0.15, -0.1) is 11.6 Å². The lowest BCUT2D eigenvalue weighted by Crippen LogP contribution is -1.99. The molecule has 0 saturated heterocycles. The quantitative estimate of drug-likeness (QED) is 0.624. The van der Waals surface area contributed by atoms with Gasteiger partial charge in [-0.2, -0.15) is 0 Å². The standard InChI is InChI=1S/C14H11Br2ClO/c15-12-6-2-1-4-11(12)9-18-14-10(8-17)5-3-7-13(14)16/h1-7H,8-9H2. The Morgan fingerprint density at radius 3 is 2.28 bits per heavy atom. The summed E-state index contributed by atoms with van der Waals surface area (Å²) in [5.41, 5.74) is 2.09. The number of rotatable bonds is 4. The molecule has 18 heavy (non-hydrogen) atoms. The summed E-state index contributed by atoms with van der Waals surface area (Å²) in [7, 11) is 0. The molecular weight excluding hydrogens is 379 g/mol. The van der Waals surface area contributed by atoms with Gasteiger partial charge in [-0.3, -0.25) is 0 Å². The first-order valence-corrected chi connectivity index (χ1v) is 7.54. The SMILES string of the molecule is ClCc1cccc(Br)c1OCc1ccccc1Br. The van der Waals surface area contributed by atoms with Crippen LogP contribution in [-0.2, 0) is 12.5 Å². The summed E-state index contributed by atoms with van der Waals surface area (Å²) in [6.45, 7) is 0.508. The molecule has 0 aliphatic rings. The van der Waals surface area contributed by atoms with Gasteiger partial charge in [0.2, 0.25) is 0 Å². The summed E-state index contributed by atoms with van der Waals surface area (Å²) in [5.74, 6) is 1.24. The summed E-state index contributed by atoms with van der Waals surface area (Å²) >= 11 is 12.9. The maximum absolute atomic E-state index is 5.91. The lowest BCUT2D eigenvalue weighted by atomic mass is 10.2. The Kier molecular flexibility index (Phi) is 5.10. The summed E-state index contributed by atoms with van der Waals surface area (Å²) in [6, 6.07) is 13.9. The van der Waals surface area contributed by atoms with Crippen LogP contribution in [-0.4, -0.2) is 0 Å². The highest BCUT2D eigenvalue weighted by atomic mass is 79.9. The second-order valence-electron chi connectivity index (χ2n) is 3.74. The van der Waals surface area contributed by atoms with Gasteiger partial charge >= 0.3 is 0 Å². The van der Waals surface area contributed by atoms with Crippen molar-refractivity contribution in [1.29, 1.82) is 0 Å². The van der Waals surface area contributed by atoms with E-state index >= 15 is 0 Å². The van der Waals surface area contributed by atoms with Gasteiger partial charge in [0, 0.05) is 15.6 Å². The predicted octanol–water partition coefficient (Wildman–Crippen LogP) is 5.53. The van der Waals surface area contributed by atoms with Gasteiger partial charge in [0.1, 0.15) is 12.4 Å². The van der Waals surface area contributed by atoms with Crippen molar-refractivity contribution in [3.05, 3.63) is 62.5 Å². The highest BCUT2D eigenvalue weighted by Crippen LogP contribution is 2.31. The summed E-state index contributed by atoms with van der Waals surface area (Å²) < 4.78 is 7.83. The maximum atomic E-state index is 5.91. The van der Waals surface area contributed by atoms with Crippen molar-refractivity contribution in [2.75, 3.05) is 0 Å². The lowest BCUT2D eigenvalue weighted by molar-refractivity contribution is 0.301. The third-order valence-corrected chi connectivity index (χ3v) is 4.21. The number of hydrogen-bond acceptors (Lipinski definition) is 1. The van der Waals surface area contributed by atoms with Crippen LogP contribution in [0.5, 0.6) is 5.75 Å². The summed E-state index contributed by atoms with van der Waals surface area (Å²) in [6.07, 6.45) is 0. The van der Waals surface area contributed by atoms with Crippen molar-refractivity contribution in [2.45, 2.75) is 12.5 Å². The van der Waals surface area contributed by atoms with Crippen molar-refractivity contribution in [3.8, 4) is 5.75 Å². The van der Waals surface area contributed by atoms with Gasteiger partial charge in [-0.25, -0.2) is 0 Å². The molecule has 0 spiro atoms. The number of benzene rings is 2. The number of hydrogen-bond donors (Lipinski definition) is 0. The molecule has 0 unspecified atom stereocenters. The lowest BCUT2D eigenvalue weighted by Gasteiger charge is -2.12. The highest BCUT2D eigenvalue weighted by Gasteiger charge is 2.08. The summed E-state index contributed by atoms with van der Waals surface area (Å²) in [5, 5.41) is 0. The molecule has 2 aromatic rings. The first-order valence-electron chi connectivity index (χ1n) is 5.42. The van der Waals surface area contributed by atoms with E-state index in [0.717, 1.165) is 25.8 Å². The van der Waals surface area contributed by atoms with E-state index in [1.807, 2.05) is 42.5 Å². The molecule has 0 amide bonds. The van der Waals surface area contributed by atoms with Crippen LogP contribution in [0.15, 0.2) is 51.4 Å². The largest absolute Gasteiger partial charge is 0.487 e. The minimum atomic E-state index is 0.435. The second kappa shape index (κ2) is 6.60. The van der Waals surface area contributed by atoms with Gasteiger partial charge in [0.15, 0.2) is 0 Å². The molecule has 4 heteroatoms. The number of alkyl halides is 1. The molecule has 94 valence electrons. The van der Waals surface area contributed by atoms with Crippen LogP contribution in [0, 0.1) is 0 Å². The predicted molar refractivity (Wildman–Crippen MR) is 82.2 cm³/mol. The zero-order valence-electron chi connectivity index (χ0n) is 9.50. The molecule has 0 bridgehead atoms. The van der Waals surface area contributed by atoms with Gasteiger partial charge in [-0.1, -0.05) is 46.3 Å². The van der Waals surface area contributed by atoms with Crippen molar-refractivity contribution < 1.29 is 4.74 Å². The molecule has 0 N–H and O–H groups in total. The molecular formula is C14H11Br2ClO. The molecule has 0 atom stereocenters. The number of para-hydroxylation sites is 1. The molecule has 2 aromatic carbocycles. The Hall–Kier alpha value is -0.510. The molecule has 0 aliphatic carbocycles. The first kappa shape index (κ1) is 13.9. The van der Waals surface area contributed by atoms with Crippen LogP contribution in [0.4, 0.5) is 0 Å². The van der Waals surface area contributed by atoms with Gasteiger partial charge in [0.05, 0.1) is 10.4 Å². The third-order valence-electron chi connectivity index (χ3n) is 2.52. The Labute approximate surface area is 128 Å². The van der Waals surface area contributed by atoms with E-state index in [1.165, 1.54) is 0 Å². The fraction of sp³-hybridized carbons (Fsp3) is 0.143. The topological polar surface area (TPSA) is 9.23 Å². The maximum Gasteiger partial charge on any atom is 0.138 e. The van der Waals surface area contributed by atoms with E-state index in [1.54, 1.807) is 0 Å². The number of ether oxygens (including phenoxy) is 1. The molecule has 0 heterocycles. The van der Waals surface area contributed by atoms with Crippen molar-refractivity contribution >= 4 is 43.5 Å². The molecule has 0 aromatic heterocycles. The minimum Gasteiger partial charge on any atom is -0.487 e. The van der Waals surface area contributed by atoms with Gasteiger partial charge < -0.3 is 4.74 Å². The van der Waals surface area contributed by atoms with Crippen LogP contribution in [0.1, 0.15) is 11.1 Å². The fourth-order valence-corrected chi connectivity index (χ4v) is 2.72. The Morgan fingerprint density at radius 1 is 0.889 bits per heavy atom. The smallest absolute Gasteiger partial charge is 0.138 e. The normalized spacial score (nSPS) is 10.4. The molecule has 0 saturated carbocycles. The fourth-order valence-electron chi connectivity index (χ4n) is 1.59. The minimum absolute atomic E-state index is 0.435. The third kappa shape index (κ3) is 3.28. The van der Waals surface area contributed by atoms with Gasteiger partial charge in [-0.05, 0) is 28.1 Å². The molecule has 0 fully saturated rings. The van der Waals surface area contributed by atoms with Crippen LogP contribution in [0.25, 0.3) is 0 Å². The zero-order chi connectivity index (χ0) is 13.0. The Balaban J connectivity index is 2.18. The van der Waals surface area contributed by atoms with E-state index < -0.39 is 0 Å². The Morgan fingerprint density at radius 2 is 1.56 bits per heavy atom. The average molecular weight is 391 g/mol. The van der Waals surface area contributed by atoms with E-state index in [4.69, 9.17) is 16.3 Å². The zero-order valence-corrected chi connectivity index (χ0v) is 13.4. The van der Waals surface area contributed by atoms with Crippen LogP contribution >= 0.6 is 43.5 Å². The number of halogens is 3. The first-order chi connectivity index (χ1) is 8.72. The second-order valence-corrected chi connectivity index (χ2v) is 5.72. The highest BCUT2D eigenvalue weighted by molar-refractivity contribution is 9.10. The monoisotopic (exact) mass is 388 g/mol. The molecule has 1 nitrogen and oxygen atoms in total. The molecule has 0 radical (unpaired) electrons. The molecule has 2 rings (SSSR count). The Bertz CT molecular complexity index is 543. The van der Waals surface area contributed by atoms with Crippen molar-refractivity contribution in [1.82, 2.24) is 0 Å². The van der Waals surface area contributed by atoms with Crippen LogP contribution in [0.3, 0.4) is 0 Å². The van der Waals surface area contributed by atoms with E-state index in [-0.39, 0.29) is 0 Å². The van der Waals surface area contributed by atoms with Gasteiger partial charge in [0.25, 0.3) is 0 Å². The van der Waals surface area contributed by atoms with E-state index in [0.29, 0.717) is 12.5 Å². The molecule has 0 aliphatic heterocycles. The average Bonchev–Trinajstić information content (AvgIpc) is 2.39. The van der Waals surface area contributed by atoms with E-state index in [2.05, 4.69) is 31.9 Å². The van der Waals surface area contributed by atoms with Crippen molar-refractivity contribution in [3.63, 3.8) is 0 Å².